The largest absolute Gasteiger partial charge is 0.507 e. The highest BCUT2D eigenvalue weighted by Gasteiger charge is 2.14. The Morgan fingerprint density at radius 2 is 1.11 bits per heavy atom. The summed E-state index contributed by atoms with van der Waals surface area (Å²) >= 11 is 0. The molecule has 0 aromatic carbocycles. The topological polar surface area (TPSA) is 184 Å². The number of amides is 2. The number of aryl methyl sites for hydroxylation is 2. The van der Waals surface area contributed by atoms with E-state index < -0.39 is 11.3 Å². The molecule has 0 aliphatic rings. The Morgan fingerprint density at radius 3 is 1.44 bits per heavy atom. The molecule has 0 saturated heterocycles. The molecule has 2 amide bonds. The van der Waals surface area contributed by atoms with Gasteiger partial charge >= 0.3 is 11.3 Å². The minimum absolute atomic E-state index is 0.113. The van der Waals surface area contributed by atoms with Gasteiger partial charge in [0.1, 0.15) is 34.1 Å². The van der Waals surface area contributed by atoms with E-state index in [4.69, 9.17) is 8.83 Å². The Hall–Kier alpha value is -4.22. The first-order chi connectivity index (χ1) is 17.0. The molecule has 0 spiro atoms. The molecular formula is C24H30N4O8. The van der Waals surface area contributed by atoms with Crippen molar-refractivity contribution >= 4 is 23.2 Å². The van der Waals surface area contributed by atoms with E-state index in [9.17, 15) is 29.4 Å². The van der Waals surface area contributed by atoms with Gasteiger partial charge < -0.3 is 19.0 Å². The lowest BCUT2D eigenvalue weighted by atomic mass is 10.1. The van der Waals surface area contributed by atoms with Gasteiger partial charge in [-0.3, -0.25) is 9.59 Å². The predicted molar refractivity (Wildman–Crippen MR) is 131 cm³/mol. The van der Waals surface area contributed by atoms with Crippen molar-refractivity contribution in [1.82, 2.24) is 10.9 Å². The highest BCUT2D eigenvalue weighted by atomic mass is 16.4. The van der Waals surface area contributed by atoms with Crippen LogP contribution in [0.2, 0.25) is 0 Å². The van der Waals surface area contributed by atoms with E-state index in [1.807, 2.05) is 0 Å². The minimum Gasteiger partial charge on any atom is -0.507 e. The van der Waals surface area contributed by atoms with Gasteiger partial charge in [0.2, 0.25) is 11.8 Å². The van der Waals surface area contributed by atoms with Crippen LogP contribution >= 0.6 is 0 Å². The average Bonchev–Trinajstić information content (AvgIpc) is 2.77. The second-order valence-electron chi connectivity index (χ2n) is 8.19. The number of carbonyl (C=O) groups excluding carboxylic acids is 2. The quantitative estimate of drug-likeness (QED) is 0.205. The molecule has 0 bridgehead atoms. The SMILES string of the molecule is C/C(=N/NC(=O)CCCCCCC(=O)N/N=C(/C)c1c(O)cc(C)oc1=O)c1c(O)cc(C)oc1=O. The maximum atomic E-state index is 12.0. The van der Waals surface area contributed by atoms with Crippen LogP contribution in [-0.2, 0) is 9.59 Å². The summed E-state index contributed by atoms with van der Waals surface area (Å²) in [5, 5.41) is 27.5. The molecule has 0 fully saturated rings. The molecule has 2 heterocycles. The van der Waals surface area contributed by atoms with Gasteiger partial charge in [-0.15, -0.1) is 0 Å². The molecule has 4 N–H and O–H groups in total. The predicted octanol–water partition coefficient (Wildman–Crippen LogP) is 2.34. The highest BCUT2D eigenvalue weighted by Crippen LogP contribution is 2.16. The molecule has 194 valence electrons. The van der Waals surface area contributed by atoms with Crippen molar-refractivity contribution in [3.8, 4) is 11.5 Å². The molecule has 12 heteroatoms. The number of hydrogen-bond donors (Lipinski definition) is 4. The third kappa shape index (κ3) is 8.22. The molecule has 0 saturated carbocycles. The van der Waals surface area contributed by atoms with Crippen molar-refractivity contribution in [3.63, 3.8) is 0 Å². The zero-order chi connectivity index (χ0) is 26.8. The monoisotopic (exact) mass is 502 g/mol. The van der Waals surface area contributed by atoms with Crippen LogP contribution in [0.25, 0.3) is 0 Å². The zero-order valence-electron chi connectivity index (χ0n) is 20.6. The Kier molecular flexibility index (Phi) is 10.1. The third-order valence-electron chi connectivity index (χ3n) is 5.09. The Morgan fingerprint density at radius 1 is 0.750 bits per heavy atom. The Bertz CT molecular complexity index is 1190. The Balaban J connectivity index is 1.69. The summed E-state index contributed by atoms with van der Waals surface area (Å²) in [6.07, 6.45) is 2.94. The van der Waals surface area contributed by atoms with Crippen molar-refractivity contribution in [2.75, 3.05) is 0 Å². The summed E-state index contributed by atoms with van der Waals surface area (Å²) in [5.74, 6) is -0.732. The maximum absolute atomic E-state index is 12.0. The second kappa shape index (κ2) is 13.0. The van der Waals surface area contributed by atoms with Gasteiger partial charge in [0.25, 0.3) is 0 Å². The maximum Gasteiger partial charge on any atom is 0.348 e. The normalized spacial score (nSPS) is 11.9. The van der Waals surface area contributed by atoms with Gasteiger partial charge in [0.05, 0.1) is 11.4 Å². The lowest BCUT2D eigenvalue weighted by Crippen LogP contribution is -2.21. The summed E-state index contributed by atoms with van der Waals surface area (Å²) in [5.41, 5.74) is 3.22. The van der Waals surface area contributed by atoms with E-state index in [0.717, 1.165) is 0 Å². The van der Waals surface area contributed by atoms with Crippen LogP contribution in [-0.4, -0.2) is 33.5 Å². The fraction of sp³-hybridized carbons (Fsp3) is 0.417. The van der Waals surface area contributed by atoms with Gasteiger partial charge in [0.15, 0.2) is 0 Å². The van der Waals surface area contributed by atoms with E-state index >= 15 is 0 Å². The lowest BCUT2D eigenvalue weighted by molar-refractivity contribution is -0.122. The van der Waals surface area contributed by atoms with Crippen LogP contribution < -0.4 is 22.1 Å². The first-order valence-electron chi connectivity index (χ1n) is 11.3. The molecule has 0 unspecified atom stereocenters. The van der Waals surface area contributed by atoms with Crippen LogP contribution in [0.15, 0.2) is 40.8 Å². The van der Waals surface area contributed by atoms with Crippen LogP contribution in [0.5, 0.6) is 11.5 Å². The summed E-state index contributed by atoms with van der Waals surface area (Å²) in [6.45, 7) is 5.99. The molecular weight excluding hydrogens is 472 g/mol. The second-order valence-corrected chi connectivity index (χ2v) is 8.19. The molecule has 0 aliphatic carbocycles. The van der Waals surface area contributed by atoms with Crippen molar-refractivity contribution < 1.29 is 28.6 Å². The van der Waals surface area contributed by atoms with Crippen molar-refractivity contribution in [2.24, 2.45) is 10.2 Å². The number of aromatic hydroxyl groups is 2. The average molecular weight is 503 g/mol. The van der Waals surface area contributed by atoms with Crippen molar-refractivity contribution in [2.45, 2.75) is 66.2 Å². The van der Waals surface area contributed by atoms with Gasteiger partial charge in [-0.05, 0) is 40.5 Å². The molecule has 2 aromatic heterocycles. The molecule has 36 heavy (non-hydrogen) atoms. The van der Waals surface area contributed by atoms with E-state index in [0.29, 0.717) is 25.7 Å². The summed E-state index contributed by atoms with van der Waals surface area (Å²) in [6, 6.07) is 2.58. The van der Waals surface area contributed by atoms with Crippen LogP contribution in [0.3, 0.4) is 0 Å². The molecule has 0 radical (unpaired) electrons. The van der Waals surface area contributed by atoms with Gasteiger partial charge in [-0.25, -0.2) is 20.4 Å². The number of nitrogens with one attached hydrogen (secondary N) is 2. The van der Waals surface area contributed by atoms with Gasteiger partial charge in [-0.1, -0.05) is 12.8 Å². The fourth-order valence-corrected chi connectivity index (χ4v) is 3.30. The number of carbonyl (C=O) groups is 2. The molecule has 0 atom stereocenters. The molecule has 0 aliphatic heterocycles. The van der Waals surface area contributed by atoms with Crippen LogP contribution in [0.1, 0.15) is 75.0 Å². The standard InChI is InChI=1S/C24H30N4O8/c1-13-11-17(29)21(23(33)35-13)15(3)25-27-19(31)9-7-5-6-8-10-20(32)28-26-16(4)22-18(30)12-14(2)36-24(22)34/h11-12,29-30H,5-10H2,1-4H3,(H,27,31)(H,28,32)/b25-15-,26-16-. The molecule has 12 nitrogen and oxygen atoms in total. The lowest BCUT2D eigenvalue weighted by Gasteiger charge is -2.05. The summed E-state index contributed by atoms with van der Waals surface area (Å²) < 4.78 is 9.85. The Labute approximate surface area is 206 Å². The first-order valence-corrected chi connectivity index (χ1v) is 11.3. The number of hydrazone groups is 2. The van der Waals surface area contributed by atoms with E-state index in [1.165, 1.54) is 39.8 Å². The number of nitrogens with zero attached hydrogens (tertiary/aromatic N) is 2. The van der Waals surface area contributed by atoms with E-state index in [1.54, 1.807) is 0 Å². The fourth-order valence-electron chi connectivity index (χ4n) is 3.30. The highest BCUT2D eigenvalue weighted by molar-refractivity contribution is 6.01. The van der Waals surface area contributed by atoms with Gasteiger partial charge in [-0.2, -0.15) is 10.2 Å². The molecule has 2 rings (SSSR count). The third-order valence-corrected chi connectivity index (χ3v) is 5.09. The zero-order valence-corrected chi connectivity index (χ0v) is 20.6. The van der Waals surface area contributed by atoms with E-state index in [-0.39, 0.29) is 70.2 Å². The number of hydrogen-bond acceptors (Lipinski definition) is 10. The number of rotatable bonds is 11. The van der Waals surface area contributed by atoms with Crippen LogP contribution in [0, 0.1) is 13.8 Å². The first kappa shape index (κ1) is 28.0. The number of unbranched alkanes of at least 4 members (excludes halogenated alkanes) is 3. The van der Waals surface area contributed by atoms with E-state index in [2.05, 4.69) is 21.1 Å². The minimum atomic E-state index is -0.744. The van der Waals surface area contributed by atoms with Crippen LogP contribution in [0.4, 0.5) is 0 Å². The van der Waals surface area contributed by atoms with Crippen molar-refractivity contribution in [3.05, 3.63) is 55.6 Å². The smallest absolute Gasteiger partial charge is 0.348 e. The summed E-state index contributed by atoms with van der Waals surface area (Å²) in [4.78, 5) is 47.7. The van der Waals surface area contributed by atoms with Crippen molar-refractivity contribution in [1.29, 1.82) is 0 Å². The molecule has 2 aromatic rings. The van der Waals surface area contributed by atoms with Gasteiger partial charge in [0, 0.05) is 25.0 Å². The summed E-state index contributed by atoms with van der Waals surface area (Å²) in [7, 11) is 0.